The van der Waals surface area contributed by atoms with Crippen LogP contribution in [0.5, 0.6) is 0 Å². The van der Waals surface area contributed by atoms with Crippen molar-refractivity contribution in [2.75, 3.05) is 31.6 Å². The molecular weight excluding hydrogens is 342 g/mol. The van der Waals surface area contributed by atoms with Gasteiger partial charge in [-0.25, -0.2) is 9.78 Å². The average molecular weight is 369 g/mol. The van der Waals surface area contributed by atoms with Crippen LogP contribution in [0.4, 0.5) is 10.5 Å². The molecule has 2 aromatic rings. The summed E-state index contributed by atoms with van der Waals surface area (Å²) in [5.41, 5.74) is 1.80. The van der Waals surface area contributed by atoms with Crippen LogP contribution in [0, 0.1) is 0 Å². The molecular formula is C20H27N5O2. The number of amides is 2. The number of hydrogen-bond acceptors (Lipinski definition) is 4. The SMILES string of the molecule is O=C(Nc1ccc(-n2ccnc2)cc1)NC1CCN(CC2CCCO2)CC1. The van der Waals surface area contributed by atoms with E-state index < -0.39 is 0 Å². The van der Waals surface area contributed by atoms with Crippen LogP contribution in [-0.4, -0.2) is 58.9 Å². The topological polar surface area (TPSA) is 71.4 Å². The Morgan fingerprint density at radius 3 is 2.67 bits per heavy atom. The summed E-state index contributed by atoms with van der Waals surface area (Å²) in [6.45, 7) is 3.98. The zero-order valence-electron chi connectivity index (χ0n) is 15.5. The van der Waals surface area contributed by atoms with Crippen molar-refractivity contribution in [3.05, 3.63) is 43.0 Å². The summed E-state index contributed by atoms with van der Waals surface area (Å²) in [6.07, 6.45) is 10.1. The van der Waals surface area contributed by atoms with E-state index in [4.69, 9.17) is 4.74 Å². The minimum absolute atomic E-state index is 0.136. The molecule has 0 saturated carbocycles. The first-order valence-corrected chi connectivity index (χ1v) is 9.76. The van der Waals surface area contributed by atoms with Crippen molar-refractivity contribution in [2.45, 2.75) is 37.8 Å². The van der Waals surface area contributed by atoms with E-state index in [1.165, 1.54) is 12.8 Å². The molecule has 0 bridgehead atoms. The van der Waals surface area contributed by atoms with Crippen LogP contribution >= 0.6 is 0 Å². The Morgan fingerprint density at radius 1 is 1.19 bits per heavy atom. The maximum absolute atomic E-state index is 12.3. The van der Waals surface area contributed by atoms with Gasteiger partial charge in [-0.2, -0.15) is 0 Å². The number of rotatable bonds is 5. The van der Waals surface area contributed by atoms with Crippen molar-refractivity contribution < 1.29 is 9.53 Å². The maximum Gasteiger partial charge on any atom is 0.319 e. The van der Waals surface area contributed by atoms with Crippen molar-refractivity contribution in [3.63, 3.8) is 0 Å². The number of hydrogen-bond donors (Lipinski definition) is 2. The van der Waals surface area contributed by atoms with Crippen LogP contribution in [0.1, 0.15) is 25.7 Å². The van der Waals surface area contributed by atoms with Gasteiger partial charge in [0.25, 0.3) is 0 Å². The molecule has 2 N–H and O–H groups in total. The lowest BCUT2D eigenvalue weighted by Crippen LogP contribution is -2.47. The molecule has 1 aromatic carbocycles. The molecule has 4 rings (SSSR count). The summed E-state index contributed by atoms with van der Waals surface area (Å²) in [7, 11) is 0. The predicted octanol–water partition coefficient (Wildman–Crippen LogP) is 2.64. The molecule has 2 amide bonds. The summed E-state index contributed by atoms with van der Waals surface area (Å²) in [5.74, 6) is 0. The third-order valence-corrected chi connectivity index (χ3v) is 5.34. The second-order valence-corrected chi connectivity index (χ2v) is 7.33. The first-order valence-electron chi connectivity index (χ1n) is 9.76. The second kappa shape index (κ2) is 8.54. The molecule has 1 atom stereocenters. The number of piperidine rings is 1. The Morgan fingerprint density at radius 2 is 2.00 bits per heavy atom. The van der Waals surface area contributed by atoms with Gasteiger partial charge in [-0.05, 0) is 49.9 Å². The molecule has 2 aliphatic heterocycles. The fourth-order valence-corrected chi connectivity index (χ4v) is 3.82. The van der Waals surface area contributed by atoms with Crippen molar-refractivity contribution in [3.8, 4) is 5.69 Å². The number of nitrogens with zero attached hydrogens (tertiary/aromatic N) is 3. The molecule has 0 radical (unpaired) electrons. The van der Waals surface area contributed by atoms with Crippen LogP contribution < -0.4 is 10.6 Å². The van der Waals surface area contributed by atoms with Crippen LogP contribution in [0.15, 0.2) is 43.0 Å². The molecule has 2 fully saturated rings. The van der Waals surface area contributed by atoms with Crippen LogP contribution in [-0.2, 0) is 4.74 Å². The molecule has 27 heavy (non-hydrogen) atoms. The predicted molar refractivity (Wildman–Crippen MR) is 104 cm³/mol. The van der Waals surface area contributed by atoms with Gasteiger partial charge in [0.1, 0.15) is 0 Å². The van der Waals surface area contributed by atoms with Gasteiger partial charge >= 0.3 is 6.03 Å². The normalized spacial score (nSPS) is 21.3. The number of carbonyl (C=O) groups excluding carboxylic acids is 1. The number of benzene rings is 1. The molecule has 0 spiro atoms. The molecule has 1 aromatic heterocycles. The minimum Gasteiger partial charge on any atom is -0.377 e. The van der Waals surface area contributed by atoms with Crippen LogP contribution in [0.3, 0.4) is 0 Å². The molecule has 0 aliphatic carbocycles. The summed E-state index contributed by atoms with van der Waals surface area (Å²) in [5, 5.41) is 6.02. The Labute approximate surface area is 159 Å². The van der Waals surface area contributed by atoms with E-state index in [1.807, 2.05) is 35.0 Å². The van der Waals surface area contributed by atoms with Crippen molar-refractivity contribution in [2.24, 2.45) is 0 Å². The Kier molecular flexibility index (Phi) is 5.69. The van der Waals surface area contributed by atoms with E-state index in [1.54, 1.807) is 12.5 Å². The number of nitrogens with one attached hydrogen (secondary N) is 2. The van der Waals surface area contributed by atoms with Gasteiger partial charge in [-0.15, -0.1) is 0 Å². The number of carbonyl (C=O) groups is 1. The first kappa shape index (κ1) is 18.0. The van der Waals surface area contributed by atoms with E-state index in [9.17, 15) is 4.79 Å². The lowest BCUT2D eigenvalue weighted by molar-refractivity contribution is 0.0633. The van der Waals surface area contributed by atoms with Gasteiger partial charge in [-0.1, -0.05) is 0 Å². The molecule has 2 aliphatic rings. The smallest absolute Gasteiger partial charge is 0.319 e. The highest BCUT2D eigenvalue weighted by molar-refractivity contribution is 5.89. The van der Waals surface area contributed by atoms with Gasteiger partial charge in [0.15, 0.2) is 0 Å². The lowest BCUT2D eigenvalue weighted by Gasteiger charge is -2.33. The highest BCUT2D eigenvalue weighted by Crippen LogP contribution is 2.17. The number of imidazole rings is 1. The van der Waals surface area contributed by atoms with E-state index >= 15 is 0 Å². The lowest BCUT2D eigenvalue weighted by atomic mass is 10.0. The van der Waals surface area contributed by atoms with Crippen molar-refractivity contribution in [1.82, 2.24) is 19.8 Å². The second-order valence-electron chi connectivity index (χ2n) is 7.33. The minimum atomic E-state index is -0.136. The molecule has 3 heterocycles. The largest absolute Gasteiger partial charge is 0.377 e. The third kappa shape index (κ3) is 4.87. The monoisotopic (exact) mass is 369 g/mol. The number of anilines is 1. The van der Waals surface area contributed by atoms with Gasteiger partial charge in [-0.3, -0.25) is 0 Å². The standard InChI is InChI=1S/C20H27N5O2/c26-20(22-16-3-5-18(6-4-16)25-12-9-21-15-25)23-17-7-10-24(11-8-17)14-19-2-1-13-27-19/h3-6,9,12,15,17,19H,1-2,7-8,10-11,13-14H2,(H2,22,23,26). The van der Waals surface area contributed by atoms with E-state index in [0.29, 0.717) is 6.10 Å². The Bertz CT molecular complexity index is 717. The van der Waals surface area contributed by atoms with E-state index in [2.05, 4.69) is 20.5 Å². The zero-order chi connectivity index (χ0) is 18.5. The van der Waals surface area contributed by atoms with Crippen molar-refractivity contribution in [1.29, 1.82) is 0 Å². The summed E-state index contributed by atoms with van der Waals surface area (Å²) < 4.78 is 7.64. The van der Waals surface area contributed by atoms with Crippen LogP contribution in [0.25, 0.3) is 5.69 Å². The van der Waals surface area contributed by atoms with Gasteiger partial charge in [0, 0.05) is 56.1 Å². The quantitative estimate of drug-likeness (QED) is 0.850. The summed E-state index contributed by atoms with van der Waals surface area (Å²) in [4.78, 5) is 18.8. The fourth-order valence-electron chi connectivity index (χ4n) is 3.82. The molecule has 144 valence electrons. The molecule has 7 heteroatoms. The maximum atomic E-state index is 12.3. The third-order valence-electron chi connectivity index (χ3n) is 5.34. The fraction of sp³-hybridized carbons (Fsp3) is 0.500. The number of urea groups is 1. The summed E-state index contributed by atoms with van der Waals surface area (Å²) >= 11 is 0. The highest BCUT2D eigenvalue weighted by Gasteiger charge is 2.24. The van der Waals surface area contributed by atoms with E-state index in [-0.39, 0.29) is 12.1 Å². The molecule has 7 nitrogen and oxygen atoms in total. The molecule has 2 saturated heterocycles. The van der Waals surface area contributed by atoms with Gasteiger partial charge in [0.2, 0.25) is 0 Å². The van der Waals surface area contributed by atoms with E-state index in [0.717, 1.165) is 50.5 Å². The number of likely N-dealkylation sites (tertiary alicyclic amines) is 1. The van der Waals surface area contributed by atoms with Crippen LogP contribution in [0.2, 0.25) is 0 Å². The Balaban J connectivity index is 1.20. The number of aromatic nitrogens is 2. The van der Waals surface area contributed by atoms with Gasteiger partial charge < -0.3 is 24.8 Å². The average Bonchev–Trinajstić information content (AvgIpc) is 3.38. The van der Waals surface area contributed by atoms with Gasteiger partial charge in [0.05, 0.1) is 12.4 Å². The first-order chi connectivity index (χ1) is 13.3. The molecule has 1 unspecified atom stereocenters. The highest BCUT2D eigenvalue weighted by atomic mass is 16.5. The van der Waals surface area contributed by atoms with Crippen molar-refractivity contribution >= 4 is 11.7 Å². The number of ether oxygens (including phenoxy) is 1. The zero-order valence-corrected chi connectivity index (χ0v) is 15.5. The Hall–Kier alpha value is -2.38. The summed E-state index contributed by atoms with van der Waals surface area (Å²) in [6, 6.07) is 7.82.